The van der Waals surface area contributed by atoms with Gasteiger partial charge in [0, 0.05) is 43.3 Å². The van der Waals surface area contributed by atoms with Gasteiger partial charge in [-0.2, -0.15) is 0 Å². The van der Waals surface area contributed by atoms with Gasteiger partial charge in [-0.1, -0.05) is 35.9 Å². The van der Waals surface area contributed by atoms with Crippen molar-refractivity contribution in [1.29, 1.82) is 0 Å². The van der Waals surface area contributed by atoms with E-state index in [9.17, 15) is 9.18 Å². The molecule has 0 saturated carbocycles. The molecule has 0 N–H and O–H groups in total. The van der Waals surface area contributed by atoms with Gasteiger partial charge in [-0.05, 0) is 53.6 Å². The fraction of sp³-hybridized carbons (Fsp3) is 0.321. The predicted octanol–water partition coefficient (Wildman–Crippen LogP) is 5.21. The van der Waals surface area contributed by atoms with E-state index in [2.05, 4.69) is 4.90 Å². The number of halogens is 2. The number of methoxy groups -OCH3 is 2. The van der Waals surface area contributed by atoms with Crippen molar-refractivity contribution < 1.29 is 23.4 Å². The average Bonchev–Trinajstić information content (AvgIpc) is 2.91. The summed E-state index contributed by atoms with van der Waals surface area (Å²) in [6, 6.07) is 19.8. The molecule has 1 amide bonds. The molecule has 190 valence electrons. The first kappa shape index (κ1) is 25.9. The van der Waals surface area contributed by atoms with Crippen molar-refractivity contribution >= 4 is 17.5 Å². The Labute approximate surface area is 216 Å². The van der Waals surface area contributed by atoms with E-state index in [-0.39, 0.29) is 17.8 Å². The lowest BCUT2D eigenvalue weighted by Crippen LogP contribution is -2.49. The number of hydrogen-bond donors (Lipinski definition) is 0. The molecule has 1 fully saturated rings. The Hall–Kier alpha value is -3.13. The Morgan fingerprint density at radius 2 is 1.75 bits per heavy atom. The van der Waals surface area contributed by atoms with E-state index in [0.717, 1.165) is 16.9 Å². The van der Waals surface area contributed by atoms with Crippen LogP contribution in [0.4, 0.5) is 4.39 Å². The zero-order chi connectivity index (χ0) is 25.5. The third-order valence-electron chi connectivity index (χ3n) is 6.29. The number of hydrogen-bond acceptors (Lipinski definition) is 5. The van der Waals surface area contributed by atoms with Crippen molar-refractivity contribution in [2.45, 2.75) is 12.7 Å². The number of ether oxygens (including phenoxy) is 3. The minimum absolute atomic E-state index is 0.123. The summed E-state index contributed by atoms with van der Waals surface area (Å²) in [5, 5.41) is 0.673. The van der Waals surface area contributed by atoms with Gasteiger partial charge in [0.1, 0.15) is 5.75 Å². The highest BCUT2D eigenvalue weighted by Gasteiger charge is 2.25. The third-order valence-corrected chi connectivity index (χ3v) is 6.52. The van der Waals surface area contributed by atoms with Crippen LogP contribution in [0, 0.1) is 5.82 Å². The summed E-state index contributed by atoms with van der Waals surface area (Å²) in [5.74, 6) is 0.168. The minimum atomic E-state index is -0.542. The highest BCUT2D eigenvalue weighted by atomic mass is 35.5. The quantitative estimate of drug-likeness (QED) is 0.394. The molecule has 1 aliphatic heterocycles. The van der Waals surface area contributed by atoms with Gasteiger partial charge >= 0.3 is 0 Å². The molecule has 0 unspecified atom stereocenters. The second kappa shape index (κ2) is 12.2. The molecule has 0 bridgehead atoms. The second-order valence-corrected chi connectivity index (χ2v) is 9.08. The highest BCUT2D eigenvalue weighted by Crippen LogP contribution is 2.26. The van der Waals surface area contributed by atoms with Gasteiger partial charge in [0.25, 0.3) is 5.91 Å². The SMILES string of the molecule is COc1cccc([C@H](CN2CCN(C(=O)c3ccc(OC)c(F)c3)CC2)OCc2cccc(Cl)c2)c1. The fourth-order valence-electron chi connectivity index (χ4n) is 4.27. The Kier molecular flexibility index (Phi) is 8.80. The lowest BCUT2D eigenvalue weighted by atomic mass is 10.1. The molecule has 6 nitrogen and oxygen atoms in total. The number of carbonyl (C=O) groups is 1. The molecule has 0 spiro atoms. The van der Waals surface area contributed by atoms with E-state index in [0.29, 0.717) is 49.9 Å². The molecular weight excluding hydrogens is 483 g/mol. The monoisotopic (exact) mass is 512 g/mol. The number of nitrogens with zero attached hydrogens (tertiary/aromatic N) is 2. The Morgan fingerprint density at radius 3 is 2.44 bits per heavy atom. The van der Waals surface area contributed by atoms with Crippen LogP contribution in [0.15, 0.2) is 66.7 Å². The van der Waals surface area contributed by atoms with Crippen molar-refractivity contribution in [3.8, 4) is 11.5 Å². The van der Waals surface area contributed by atoms with Gasteiger partial charge < -0.3 is 19.1 Å². The van der Waals surface area contributed by atoms with Crippen LogP contribution in [-0.2, 0) is 11.3 Å². The van der Waals surface area contributed by atoms with Crippen molar-refractivity contribution in [3.63, 3.8) is 0 Å². The maximum Gasteiger partial charge on any atom is 0.254 e. The average molecular weight is 513 g/mol. The van der Waals surface area contributed by atoms with Gasteiger partial charge in [-0.3, -0.25) is 9.69 Å². The molecule has 3 aromatic rings. The largest absolute Gasteiger partial charge is 0.497 e. The lowest BCUT2D eigenvalue weighted by Gasteiger charge is -2.36. The van der Waals surface area contributed by atoms with Gasteiger partial charge in [0.2, 0.25) is 0 Å². The van der Waals surface area contributed by atoms with Crippen molar-refractivity contribution in [2.75, 3.05) is 46.9 Å². The highest BCUT2D eigenvalue weighted by molar-refractivity contribution is 6.30. The van der Waals surface area contributed by atoms with Crippen LogP contribution < -0.4 is 9.47 Å². The summed E-state index contributed by atoms with van der Waals surface area (Å²) >= 11 is 6.14. The molecule has 8 heteroatoms. The molecule has 0 aromatic heterocycles. The summed E-state index contributed by atoms with van der Waals surface area (Å²) in [6.07, 6.45) is -0.197. The maximum atomic E-state index is 14.1. The standard InChI is InChI=1S/C28H30ClFN2O4/c1-34-24-8-4-6-21(16-24)27(36-19-20-5-3-7-23(29)15-20)18-31-11-13-32(14-12-31)28(33)22-9-10-26(35-2)25(30)17-22/h3-10,15-17,27H,11-14,18-19H2,1-2H3/t27-/m0/s1. The van der Waals surface area contributed by atoms with Crippen molar-refractivity contribution in [3.05, 3.63) is 94.3 Å². The number of rotatable bonds is 9. The van der Waals surface area contributed by atoms with E-state index in [1.54, 1.807) is 18.1 Å². The first-order valence-corrected chi connectivity index (χ1v) is 12.2. The first-order chi connectivity index (χ1) is 17.5. The van der Waals surface area contributed by atoms with E-state index in [1.807, 2.05) is 48.5 Å². The molecule has 1 heterocycles. The topological polar surface area (TPSA) is 51.2 Å². The summed E-state index contributed by atoms with van der Waals surface area (Å²) < 4.78 is 30.8. The predicted molar refractivity (Wildman–Crippen MR) is 137 cm³/mol. The molecule has 0 aliphatic carbocycles. The molecular formula is C28H30ClFN2O4. The van der Waals surface area contributed by atoms with Gasteiger partial charge in [-0.15, -0.1) is 0 Å². The summed E-state index contributed by atoms with van der Waals surface area (Å²) in [4.78, 5) is 16.9. The molecule has 1 atom stereocenters. The summed E-state index contributed by atoms with van der Waals surface area (Å²) in [6.45, 7) is 3.55. The van der Waals surface area contributed by atoms with Gasteiger partial charge in [0.05, 0.1) is 26.9 Å². The Balaban J connectivity index is 1.40. The summed E-state index contributed by atoms with van der Waals surface area (Å²) in [5.41, 5.74) is 2.34. The van der Waals surface area contributed by atoms with Crippen LogP contribution in [0.2, 0.25) is 5.02 Å². The van der Waals surface area contributed by atoms with E-state index in [4.69, 9.17) is 25.8 Å². The molecule has 1 saturated heterocycles. The molecule has 0 radical (unpaired) electrons. The number of benzene rings is 3. The molecule has 1 aliphatic rings. The third kappa shape index (κ3) is 6.55. The van der Waals surface area contributed by atoms with Crippen molar-refractivity contribution in [2.24, 2.45) is 0 Å². The molecule has 36 heavy (non-hydrogen) atoms. The zero-order valence-corrected chi connectivity index (χ0v) is 21.2. The summed E-state index contributed by atoms with van der Waals surface area (Å²) in [7, 11) is 3.04. The van der Waals surface area contributed by atoms with E-state index < -0.39 is 5.82 Å². The minimum Gasteiger partial charge on any atom is -0.497 e. The molecule has 3 aromatic carbocycles. The van der Waals surface area contributed by atoms with Gasteiger partial charge in [0.15, 0.2) is 11.6 Å². The lowest BCUT2D eigenvalue weighted by molar-refractivity contribution is 0.00333. The number of amides is 1. The number of carbonyl (C=O) groups excluding carboxylic acids is 1. The van der Waals surface area contributed by atoms with Crippen LogP contribution in [0.1, 0.15) is 27.6 Å². The van der Waals surface area contributed by atoms with Crippen LogP contribution in [0.5, 0.6) is 11.5 Å². The normalized spacial score (nSPS) is 14.9. The van der Waals surface area contributed by atoms with E-state index >= 15 is 0 Å². The maximum absolute atomic E-state index is 14.1. The second-order valence-electron chi connectivity index (χ2n) is 8.65. The van der Waals surface area contributed by atoms with Crippen molar-refractivity contribution in [1.82, 2.24) is 9.80 Å². The fourth-order valence-corrected chi connectivity index (χ4v) is 4.48. The number of piperazine rings is 1. The van der Waals surface area contributed by atoms with E-state index in [1.165, 1.54) is 19.2 Å². The Morgan fingerprint density at radius 1 is 0.972 bits per heavy atom. The Bertz CT molecular complexity index is 1180. The smallest absolute Gasteiger partial charge is 0.254 e. The molecule has 4 rings (SSSR count). The van der Waals surface area contributed by atoms with Crippen LogP contribution >= 0.6 is 11.6 Å². The van der Waals surface area contributed by atoms with Gasteiger partial charge in [-0.25, -0.2) is 4.39 Å². The van der Waals surface area contributed by atoms with Crippen LogP contribution in [0.25, 0.3) is 0 Å². The zero-order valence-electron chi connectivity index (χ0n) is 20.5. The van der Waals surface area contributed by atoms with Crippen LogP contribution in [-0.4, -0.2) is 62.7 Å². The first-order valence-electron chi connectivity index (χ1n) is 11.8. The van der Waals surface area contributed by atoms with Crippen LogP contribution in [0.3, 0.4) is 0 Å².